The van der Waals surface area contributed by atoms with Crippen LogP contribution in [0.4, 0.5) is 0 Å². The Morgan fingerprint density at radius 2 is 1.95 bits per heavy atom. The van der Waals surface area contributed by atoms with Gasteiger partial charge in [-0.25, -0.2) is 0 Å². The largest absolute Gasteiger partial charge is 0.390 e. The molecule has 0 amide bonds. The number of azide groups is 1. The summed E-state index contributed by atoms with van der Waals surface area (Å²) < 4.78 is 18.0. The van der Waals surface area contributed by atoms with Crippen LogP contribution in [0.3, 0.4) is 0 Å². The Bertz CT molecular complexity index is 535. The number of aliphatic hydroxyl groups is 2. The molecule has 0 radical (unpaired) electrons. The lowest BCUT2D eigenvalue weighted by atomic mass is 9.99. The molecule has 1 aliphatic heterocycles. The molecule has 1 saturated heterocycles. The molecule has 1 heterocycles. The first-order valence-corrected chi connectivity index (χ1v) is 7.29. The maximum absolute atomic E-state index is 12.5. The molecule has 7 nitrogen and oxygen atoms in total. The van der Waals surface area contributed by atoms with Gasteiger partial charge in [-0.2, -0.15) is 0 Å². The van der Waals surface area contributed by atoms with Gasteiger partial charge in [-0.1, -0.05) is 23.3 Å². The fraction of sp³-hybridized carbons (Fsp3) is 0.500. The molecule has 1 fully saturated rings. The van der Waals surface area contributed by atoms with Crippen LogP contribution in [0, 0.1) is 0 Å². The first kappa shape index (κ1) is 15.0. The van der Waals surface area contributed by atoms with E-state index in [0.717, 1.165) is 0 Å². The number of hydrogen-bond acceptors (Lipinski definition) is 5. The van der Waals surface area contributed by atoms with Gasteiger partial charge in [-0.3, -0.25) is 4.21 Å². The van der Waals surface area contributed by atoms with E-state index in [0.29, 0.717) is 4.90 Å². The summed E-state index contributed by atoms with van der Waals surface area (Å²) in [6.45, 7) is 1.56. The zero-order chi connectivity index (χ0) is 14.7. The molecule has 0 saturated carbocycles. The van der Waals surface area contributed by atoms with Crippen molar-refractivity contribution in [3.63, 3.8) is 0 Å². The van der Waals surface area contributed by atoms with E-state index in [1.807, 2.05) is 0 Å². The lowest BCUT2D eigenvalue weighted by Crippen LogP contribution is -2.56. The van der Waals surface area contributed by atoms with Gasteiger partial charge in [0.05, 0.1) is 23.0 Å². The summed E-state index contributed by atoms with van der Waals surface area (Å²) in [5.74, 6) is 0. The monoisotopic (exact) mass is 297 g/mol. The van der Waals surface area contributed by atoms with Crippen LogP contribution in [0.2, 0.25) is 0 Å². The van der Waals surface area contributed by atoms with Crippen molar-refractivity contribution in [2.24, 2.45) is 5.11 Å². The third-order valence-electron chi connectivity index (χ3n) is 3.18. The molecule has 20 heavy (non-hydrogen) atoms. The summed E-state index contributed by atoms with van der Waals surface area (Å²) in [6.07, 6.45) is -3.20. The van der Waals surface area contributed by atoms with E-state index in [1.54, 1.807) is 37.3 Å². The van der Waals surface area contributed by atoms with Gasteiger partial charge in [0.15, 0.2) is 0 Å². The maximum atomic E-state index is 12.5. The Morgan fingerprint density at radius 3 is 2.55 bits per heavy atom. The number of nitrogens with zero attached hydrogens (tertiary/aromatic N) is 3. The standard InChI is InChI=1S/C12H15N3O4S/c1-7-10(16)11(17)9(14-15-13)12(19-7)20(18)8-5-3-2-4-6-8/h2-7,9-12,16-17H,1H3/t7-,9-,10+,11-,12-,20?/m0/s1. The van der Waals surface area contributed by atoms with Gasteiger partial charge in [0, 0.05) is 9.81 Å². The first-order valence-electron chi connectivity index (χ1n) is 6.07. The number of aliphatic hydroxyl groups excluding tert-OH is 2. The summed E-state index contributed by atoms with van der Waals surface area (Å²) in [6, 6.07) is 7.46. The smallest absolute Gasteiger partial charge is 0.148 e. The fourth-order valence-corrected chi connectivity index (χ4v) is 3.50. The van der Waals surface area contributed by atoms with E-state index in [-0.39, 0.29) is 0 Å². The van der Waals surface area contributed by atoms with Crippen molar-refractivity contribution < 1.29 is 19.2 Å². The Kier molecular flexibility index (Phi) is 4.74. The second kappa shape index (κ2) is 6.34. The minimum atomic E-state index is -1.62. The number of rotatable bonds is 3. The van der Waals surface area contributed by atoms with Crippen LogP contribution in [-0.4, -0.2) is 44.2 Å². The second-order valence-corrected chi connectivity index (χ2v) is 6.03. The molecule has 6 atom stereocenters. The maximum Gasteiger partial charge on any atom is 0.148 e. The van der Waals surface area contributed by atoms with Crippen molar-refractivity contribution in [3.05, 3.63) is 40.8 Å². The molecule has 1 aromatic carbocycles. The van der Waals surface area contributed by atoms with Crippen molar-refractivity contribution in [1.82, 2.24) is 0 Å². The summed E-state index contributed by atoms with van der Waals surface area (Å²) in [7, 11) is -1.62. The van der Waals surface area contributed by atoms with Crippen LogP contribution in [0.25, 0.3) is 10.4 Å². The number of ether oxygens (including phenoxy) is 1. The minimum Gasteiger partial charge on any atom is -0.390 e. The van der Waals surface area contributed by atoms with Crippen molar-refractivity contribution in [2.45, 2.75) is 41.6 Å². The molecule has 0 spiro atoms. The molecule has 0 aromatic heterocycles. The Hall–Kier alpha value is -1.44. The van der Waals surface area contributed by atoms with E-state index >= 15 is 0 Å². The van der Waals surface area contributed by atoms with E-state index in [1.165, 1.54) is 0 Å². The summed E-state index contributed by atoms with van der Waals surface area (Å²) in [5.41, 5.74) is 7.57. The normalized spacial score (nSPS) is 35.0. The molecule has 1 unspecified atom stereocenters. The molecular weight excluding hydrogens is 282 g/mol. The molecular formula is C12H15N3O4S. The van der Waals surface area contributed by atoms with Gasteiger partial charge in [-0.05, 0) is 24.6 Å². The van der Waals surface area contributed by atoms with Gasteiger partial charge in [0.2, 0.25) is 0 Å². The van der Waals surface area contributed by atoms with Crippen LogP contribution in [0.1, 0.15) is 6.92 Å². The second-order valence-electron chi connectivity index (χ2n) is 4.50. The molecule has 8 heteroatoms. The van der Waals surface area contributed by atoms with Crippen LogP contribution in [-0.2, 0) is 15.5 Å². The molecule has 1 aromatic rings. The van der Waals surface area contributed by atoms with E-state index in [4.69, 9.17) is 10.3 Å². The SMILES string of the molecule is C[C@@H]1O[C@@H](S(=O)c2ccccc2)[C@@H](N=[N+]=[N-])[C@H](O)[C@@H]1O. The molecule has 1 aliphatic rings. The lowest BCUT2D eigenvalue weighted by Gasteiger charge is -2.39. The van der Waals surface area contributed by atoms with Crippen LogP contribution < -0.4 is 0 Å². The summed E-state index contributed by atoms with van der Waals surface area (Å²) in [4.78, 5) is 3.14. The first-order chi connectivity index (χ1) is 9.56. The van der Waals surface area contributed by atoms with E-state index in [2.05, 4.69) is 10.0 Å². The predicted octanol–water partition coefficient (Wildman–Crippen LogP) is 0.940. The predicted molar refractivity (Wildman–Crippen MR) is 72.1 cm³/mol. The lowest BCUT2D eigenvalue weighted by molar-refractivity contribution is -0.148. The summed E-state index contributed by atoms with van der Waals surface area (Å²) >= 11 is 0. The Balaban J connectivity index is 2.32. The van der Waals surface area contributed by atoms with Gasteiger partial charge in [0.25, 0.3) is 0 Å². The van der Waals surface area contributed by atoms with E-state index < -0.39 is 40.6 Å². The third-order valence-corrected chi connectivity index (χ3v) is 4.73. The highest BCUT2D eigenvalue weighted by Gasteiger charge is 2.45. The van der Waals surface area contributed by atoms with Gasteiger partial charge in [0.1, 0.15) is 17.6 Å². The highest BCUT2D eigenvalue weighted by Crippen LogP contribution is 2.28. The van der Waals surface area contributed by atoms with E-state index in [9.17, 15) is 14.4 Å². The topological polar surface area (TPSA) is 116 Å². The molecule has 0 aliphatic carbocycles. The van der Waals surface area contributed by atoms with Crippen molar-refractivity contribution in [1.29, 1.82) is 0 Å². The van der Waals surface area contributed by atoms with Gasteiger partial charge < -0.3 is 14.9 Å². The number of hydrogen-bond donors (Lipinski definition) is 2. The van der Waals surface area contributed by atoms with Crippen molar-refractivity contribution in [3.8, 4) is 0 Å². The Morgan fingerprint density at radius 1 is 1.30 bits per heavy atom. The molecule has 0 bridgehead atoms. The molecule has 2 N–H and O–H groups in total. The minimum absolute atomic E-state index is 0.506. The number of benzene rings is 1. The zero-order valence-electron chi connectivity index (χ0n) is 10.7. The average Bonchev–Trinajstić information content (AvgIpc) is 2.48. The molecule has 108 valence electrons. The van der Waals surface area contributed by atoms with Crippen LogP contribution in [0.15, 0.2) is 40.3 Å². The average molecular weight is 297 g/mol. The van der Waals surface area contributed by atoms with Crippen molar-refractivity contribution >= 4 is 10.8 Å². The highest BCUT2D eigenvalue weighted by atomic mass is 32.2. The zero-order valence-corrected chi connectivity index (χ0v) is 11.6. The van der Waals surface area contributed by atoms with Crippen LogP contribution >= 0.6 is 0 Å². The van der Waals surface area contributed by atoms with Crippen LogP contribution in [0.5, 0.6) is 0 Å². The van der Waals surface area contributed by atoms with Crippen molar-refractivity contribution in [2.75, 3.05) is 0 Å². The summed E-state index contributed by atoms with van der Waals surface area (Å²) in [5, 5.41) is 23.2. The quantitative estimate of drug-likeness (QED) is 0.490. The Labute approximate surface area is 118 Å². The molecule has 2 rings (SSSR count). The fourth-order valence-electron chi connectivity index (χ4n) is 2.06. The third kappa shape index (κ3) is 2.84. The highest BCUT2D eigenvalue weighted by molar-refractivity contribution is 7.85. The van der Waals surface area contributed by atoms with Gasteiger partial charge in [-0.15, -0.1) is 0 Å². The van der Waals surface area contributed by atoms with Gasteiger partial charge >= 0.3 is 0 Å².